The molecule has 0 unspecified atom stereocenters. The van der Waals surface area contributed by atoms with E-state index in [1.165, 1.54) is 18.4 Å². The Morgan fingerprint density at radius 1 is 1.10 bits per heavy atom. The number of benzene rings is 2. The van der Waals surface area contributed by atoms with Crippen LogP contribution >= 0.6 is 27.5 Å². The first kappa shape index (κ1) is 15.4. The summed E-state index contributed by atoms with van der Waals surface area (Å²) in [5, 5.41) is 0. The standard InChI is InChI=1S/C17H18BrClO/c1-2-3-4-13-5-9-16(10-6-13)20-17-11-15(18)8-7-14(17)12-19/h5-11H,2-4,12H2,1H3. The van der Waals surface area contributed by atoms with Gasteiger partial charge in [-0.05, 0) is 42.7 Å². The molecule has 0 aliphatic carbocycles. The first-order valence-electron chi connectivity index (χ1n) is 6.84. The van der Waals surface area contributed by atoms with E-state index >= 15 is 0 Å². The molecular weight excluding hydrogens is 336 g/mol. The van der Waals surface area contributed by atoms with Crippen molar-refractivity contribution < 1.29 is 4.74 Å². The van der Waals surface area contributed by atoms with Crippen molar-refractivity contribution in [3.8, 4) is 11.5 Å². The lowest BCUT2D eigenvalue weighted by Crippen LogP contribution is -1.91. The first-order chi connectivity index (χ1) is 9.72. The van der Waals surface area contributed by atoms with Crippen LogP contribution in [0.1, 0.15) is 30.9 Å². The van der Waals surface area contributed by atoms with Crippen LogP contribution in [-0.4, -0.2) is 0 Å². The molecule has 2 aromatic carbocycles. The summed E-state index contributed by atoms with van der Waals surface area (Å²) in [6.07, 6.45) is 3.57. The highest BCUT2D eigenvalue weighted by atomic mass is 79.9. The van der Waals surface area contributed by atoms with Gasteiger partial charge >= 0.3 is 0 Å². The second kappa shape index (κ2) is 7.70. The molecular formula is C17H18BrClO. The second-order valence-electron chi connectivity index (χ2n) is 4.74. The van der Waals surface area contributed by atoms with E-state index in [-0.39, 0.29) is 0 Å². The van der Waals surface area contributed by atoms with Crippen LogP contribution in [0.3, 0.4) is 0 Å². The van der Waals surface area contributed by atoms with Crippen LogP contribution in [0.25, 0.3) is 0 Å². The van der Waals surface area contributed by atoms with Crippen molar-refractivity contribution in [2.75, 3.05) is 0 Å². The molecule has 0 saturated carbocycles. The number of hydrogen-bond donors (Lipinski definition) is 0. The van der Waals surface area contributed by atoms with E-state index in [0.717, 1.165) is 28.0 Å². The quantitative estimate of drug-likeness (QED) is 0.552. The number of hydrogen-bond acceptors (Lipinski definition) is 1. The smallest absolute Gasteiger partial charge is 0.132 e. The van der Waals surface area contributed by atoms with E-state index in [2.05, 4.69) is 35.0 Å². The predicted molar refractivity (Wildman–Crippen MR) is 88.8 cm³/mol. The zero-order chi connectivity index (χ0) is 14.4. The minimum Gasteiger partial charge on any atom is -0.457 e. The van der Waals surface area contributed by atoms with Crippen molar-refractivity contribution in [2.24, 2.45) is 0 Å². The molecule has 20 heavy (non-hydrogen) atoms. The summed E-state index contributed by atoms with van der Waals surface area (Å²) in [5.41, 5.74) is 2.34. The van der Waals surface area contributed by atoms with E-state index in [9.17, 15) is 0 Å². The molecule has 0 spiro atoms. The maximum Gasteiger partial charge on any atom is 0.132 e. The van der Waals surface area contributed by atoms with Crippen LogP contribution in [0.2, 0.25) is 0 Å². The Balaban J connectivity index is 2.11. The predicted octanol–water partition coefficient (Wildman–Crippen LogP) is 6.32. The highest BCUT2D eigenvalue weighted by Gasteiger charge is 2.05. The van der Waals surface area contributed by atoms with Crippen LogP contribution in [0.5, 0.6) is 11.5 Å². The molecule has 0 radical (unpaired) electrons. The molecule has 0 fully saturated rings. The summed E-state index contributed by atoms with van der Waals surface area (Å²) in [6, 6.07) is 14.2. The SMILES string of the molecule is CCCCc1ccc(Oc2cc(Br)ccc2CCl)cc1. The maximum absolute atomic E-state index is 5.94. The van der Waals surface area contributed by atoms with Crippen LogP contribution < -0.4 is 4.74 Å². The fourth-order valence-electron chi connectivity index (χ4n) is 1.97. The Morgan fingerprint density at radius 3 is 2.50 bits per heavy atom. The fourth-order valence-corrected chi connectivity index (χ4v) is 2.53. The van der Waals surface area contributed by atoms with Crippen molar-refractivity contribution in [3.05, 3.63) is 58.1 Å². The van der Waals surface area contributed by atoms with E-state index < -0.39 is 0 Å². The monoisotopic (exact) mass is 352 g/mol. The van der Waals surface area contributed by atoms with Gasteiger partial charge in [-0.15, -0.1) is 11.6 Å². The van der Waals surface area contributed by atoms with E-state index in [0.29, 0.717) is 5.88 Å². The molecule has 2 rings (SSSR count). The summed E-state index contributed by atoms with van der Waals surface area (Å²) < 4.78 is 6.91. The van der Waals surface area contributed by atoms with Crippen molar-refractivity contribution in [2.45, 2.75) is 32.1 Å². The Hall–Kier alpha value is -0.990. The van der Waals surface area contributed by atoms with Gasteiger partial charge in [0.15, 0.2) is 0 Å². The summed E-state index contributed by atoms with van der Waals surface area (Å²) in [7, 11) is 0. The van der Waals surface area contributed by atoms with Crippen LogP contribution in [0, 0.1) is 0 Å². The van der Waals surface area contributed by atoms with Gasteiger partial charge in [0.1, 0.15) is 11.5 Å². The van der Waals surface area contributed by atoms with Gasteiger partial charge in [0.05, 0.1) is 5.88 Å². The number of ether oxygens (including phenoxy) is 1. The van der Waals surface area contributed by atoms with E-state index in [1.54, 1.807) is 0 Å². The lowest BCUT2D eigenvalue weighted by Gasteiger charge is -2.10. The van der Waals surface area contributed by atoms with Gasteiger partial charge in [-0.1, -0.05) is 47.5 Å². The van der Waals surface area contributed by atoms with Gasteiger partial charge in [0.25, 0.3) is 0 Å². The van der Waals surface area contributed by atoms with Gasteiger partial charge in [0.2, 0.25) is 0 Å². The zero-order valence-corrected chi connectivity index (χ0v) is 13.9. The van der Waals surface area contributed by atoms with Crippen molar-refractivity contribution in [3.63, 3.8) is 0 Å². The third-order valence-corrected chi connectivity index (χ3v) is 3.92. The van der Waals surface area contributed by atoms with Crippen molar-refractivity contribution >= 4 is 27.5 Å². The largest absolute Gasteiger partial charge is 0.457 e. The number of rotatable bonds is 6. The fraction of sp³-hybridized carbons (Fsp3) is 0.294. The minimum absolute atomic E-state index is 0.442. The Labute approximate surface area is 134 Å². The average molecular weight is 354 g/mol. The molecule has 2 aromatic rings. The molecule has 0 saturated heterocycles. The lowest BCUT2D eigenvalue weighted by atomic mass is 10.1. The minimum atomic E-state index is 0.442. The summed E-state index contributed by atoms with van der Waals surface area (Å²) in [6.45, 7) is 2.21. The van der Waals surface area contributed by atoms with Gasteiger partial charge < -0.3 is 4.74 Å². The molecule has 0 aromatic heterocycles. The molecule has 3 heteroatoms. The Morgan fingerprint density at radius 2 is 1.85 bits per heavy atom. The highest BCUT2D eigenvalue weighted by molar-refractivity contribution is 9.10. The summed E-state index contributed by atoms with van der Waals surface area (Å²) >= 11 is 9.39. The zero-order valence-electron chi connectivity index (χ0n) is 11.5. The summed E-state index contributed by atoms with van der Waals surface area (Å²) in [4.78, 5) is 0. The molecule has 106 valence electrons. The molecule has 0 aliphatic rings. The molecule has 0 bridgehead atoms. The maximum atomic E-state index is 5.94. The van der Waals surface area contributed by atoms with E-state index in [1.807, 2.05) is 30.3 Å². The van der Waals surface area contributed by atoms with Crippen LogP contribution in [-0.2, 0) is 12.3 Å². The Bertz CT molecular complexity index is 551. The van der Waals surface area contributed by atoms with Gasteiger partial charge in [0, 0.05) is 10.0 Å². The topological polar surface area (TPSA) is 9.23 Å². The van der Waals surface area contributed by atoms with E-state index in [4.69, 9.17) is 16.3 Å². The van der Waals surface area contributed by atoms with Crippen LogP contribution in [0.4, 0.5) is 0 Å². The second-order valence-corrected chi connectivity index (χ2v) is 5.92. The number of unbranched alkanes of at least 4 members (excludes halogenated alkanes) is 1. The molecule has 0 aliphatic heterocycles. The molecule has 0 N–H and O–H groups in total. The van der Waals surface area contributed by atoms with Crippen LogP contribution in [0.15, 0.2) is 46.9 Å². The molecule has 0 amide bonds. The number of halogens is 2. The third kappa shape index (κ3) is 4.26. The normalized spacial score (nSPS) is 10.6. The number of aryl methyl sites for hydroxylation is 1. The van der Waals surface area contributed by atoms with Crippen molar-refractivity contribution in [1.82, 2.24) is 0 Å². The first-order valence-corrected chi connectivity index (χ1v) is 8.17. The highest BCUT2D eigenvalue weighted by Crippen LogP contribution is 2.29. The Kier molecular flexibility index (Phi) is 5.93. The van der Waals surface area contributed by atoms with Crippen molar-refractivity contribution in [1.29, 1.82) is 0 Å². The molecule has 0 heterocycles. The third-order valence-electron chi connectivity index (χ3n) is 3.14. The van der Waals surface area contributed by atoms with Gasteiger partial charge in [-0.25, -0.2) is 0 Å². The number of alkyl halides is 1. The average Bonchev–Trinajstić information content (AvgIpc) is 2.47. The van der Waals surface area contributed by atoms with Gasteiger partial charge in [-0.2, -0.15) is 0 Å². The molecule has 0 atom stereocenters. The van der Waals surface area contributed by atoms with Gasteiger partial charge in [-0.3, -0.25) is 0 Å². The summed E-state index contributed by atoms with van der Waals surface area (Å²) in [5.74, 6) is 2.09. The molecule has 1 nitrogen and oxygen atoms in total. The lowest BCUT2D eigenvalue weighted by molar-refractivity contribution is 0.478.